The standard InChI is InChI=1S/C15H25N5O/c1-5-16-14-13(10(2)3)15(18-9-17-14)19-11-6-7-12(21)20(4)8-11/h9-11H,5-8H2,1-4H3,(H2,16,17,18,19). The van der Waals surface area contributed by atoms with Crippen molar-refractivity contribution >= 4 is 17.5 Å². The van der Waals surface area contributed by atoms with Crippen molar-refractivity contribution in [3.8, 4) is 0 Å². The van der Waals surface area contributed by atoms with Crippen molar-refractivity contribution in [2.75, 3.05) is 30.8 Å². The largest absolute Gasteiger partial charge is 0.370 e. The van der Waals surface area contributed by atoms with Gasteiger partial charge in [0, 0.05) is 38.2 Å². The molecule has 6 nitrogen and oxygen atoms in total. The number of nitrogens with zero attached hydrogens (tertiary/aromatic N) is 3. The lowest BCUT2D eigenvalue weighted by atomic mass is 10.0. The molecule has 1 aliphatic rings. The fraction of sp³-hybridized carbons (Fsp3) is 0.667. The first kappa shape index (κ1) is 15.5. The Morgan fingerprint density at radius 3 is 2.71 bits per heavy atom. The van der Waals surface area contributed by atoms with Gasteiger partial charge in [-0.05, 0) is 19.3 Å². The van der Waals surface area contributed by atoms with Gasteiger partial charge in [0.05, 0.1) is 0 Å². The fourth-order valence-corrected chi connectivity index (χ4v) is 2.69. The van der Waals surface area contributed by atoms with Crippen LogP contribution in [0.2, 0.25) is 0 Å². The number of hydrogen-bond acceptors (Lipinski definition) is 5. The van der Waals surface area contributed by atoms with Gasteiger partial charge >= 0.3 is 0 Å². The molecule has 21 heavy (non-hydrogen) atoms. The number of likely N-dealkylation sites (tertiary alicyclic amines) is 1. The zero-order chi connectivity index (χ0) is 15.4. The number of carbonyl (C=O) groups is 1. The second kappa shape index (κ2) is 6.74. The van der Waals surface area contributed by atoms with Crippen LogP contribution in [0, 0.1) is 0 Å². The van der Waals surface area contributed by atoms with Crippen molar-refractivity contribution < 1.29 is 4.79 Å². The van der Waals surface area contributed by atoms with Crippen LogP contribution >= 0.6 is 0 Å². The molecule has 1 aromatic rings. The minimum atomic E-state index is 0.216. The molecular weight excluding hydrogens is 266 g/mol. The second-order valence-corrected chi connectivity index (χ2v) is 5.82. The van der Waals surface area contributed by atoms with Gasteiger partial charge in [-0.3, -0.25) is 4.79 Å². The molecule has 0 spiro atoms. The first-order chi connectivity index (χ1) is 10.0. The third-order valence-electron chi connectivity index (χ3n) is 3.77. The zero-order valence-corrected chi connectivity index (χ0v) is 13.3. The monoisotopic (exact) mass is 291 g/mol. The van der Waals surface area contributed by atoms with E-state index < -0.39 is 0 Å². The van der Waals surface area contributed by atoms with Gasteiger partial charge in [0.15, 0.2) is 0 Å². The highest BCUT2D eigenvalue weighted by molar-refractivity contribution is 5.77. The highest BCUT2D eigenvalue weighted by Gasteiger charge is 2.24. The summed E-state index contributed by atoms with van der Waals surface area (Å²) in [6.07, 6.45) is 3.03. The molecule has 1 saturated heterocycles. The van der Waals surface area contributed by atoms with Crippen LogP contribution < -0.4 is 10.6 Å². The van der Waals surface area contributed by atoms with Crippen LogP contribution in [0.25, 0.3) is 0 Å². The van der Waals surface area contributed by atoms with E-state index in [0.717, 1.165) is 36.7 Å². The second-order valence-electron chi connectivity index (χ2n) is 5.82. The number of rotatable bonds is 5. The van der Waals surface area contributed by atoms with E-state index in [9.17, 15) is 4.79 Å². The van der Waals surface area contributed by atoms with E-state index in [-0.39, 0.29) is 11.9 Å². The molecule has 0 saturated carbocycles. The Morgan fingerprint density at radius 2 is 2.10 bits per heavy atom. The molecule has 2 N–H and O–H groups in total. The Morgan fingerprint density at radius 1 is 1.38 bits per heavy atom. The molecular formula is C15H25N5O. The predicted molar refractivity (Wildman–Crippen MR) is 84.6 cm³/mol. The van der Waals surface area contributed by atoms with Crippen LogP contribution in [0.3, 0.4) is 0 Å². The van der Waals surface area contributed by atoms with Crippen molar-refractivity contribution in [3.63, 3.8) is 0 Å². The lowest BCUT2D eigenvalue weighted by Gasteiger charge is -2.31. The Balaban J connectivity index is 2.19. The van der Waals surface area contributed by atoms with Crippen LogP contribution in [0.4, 0.5) is 11.6 Å². The molecule has 6 heteroatoms. The Kier molecular flexibility index (Phi) is 4.98. The van der Waals surface area contributed by atoms with Gasteiger partial charge in [0.25, 0.3) is 0 Å². The SMILES string of the molecule is CCNc1ncnc(NC2CCC(=O)N(C)C2)c1C(C)C. The number of carbonyl (C=O) groups excluding carboxylic acids is 1. The van der Waals surface area contributed by atoms with Crippen LogP contribution in [0.15, 0.2) is 6.33 Å². The number of amides is 1. The van der Waals surface area contributed by atoms with Crippen molar-refractivity contribution in [1.82, 2.24) is 14.9 Å². The van der Waals surface area contributed by atoms with Gasteiger partial charge in [-0.25, -0.2) is 9.97 Å². The first-order valence-electron chi connectivity index (χ1n) is 7.62. The molecule has 2 heterocycles. The van der Waals surface area contributed by atoms with Crippen molar-refractivity contribution in [2.24, 2.45) is 0 Å². The predicted octanol–water partition coefficient (Wildman–Crippen LogP) is 2.06. The highest BCUT2D eigenvalue weighted by atomic mass is 16.2. The van der Waals surface area contributed by atoms with E-state index in [1.54, 1.807) is 11.2 Å². The Bertz CT molecular complexity index is 503. The average molecular weight is 291 g/mol. The zero-order valence-electron chi connectivity index (χ0n) is 13.3. The maximum atomic E-state index is 11.6. The van der Waals surface area contributed by atoms with E-state index in [4.69, 9.17) is 0 Å². The number of anilines is 2. The fourth-order valence-electron chi connectivity index (χ4n) is 2.69. The molecule has 1 fully saturated rings. The van der Waals surface area contributed by atoms with Gasteiger partial charge in [-0.15, -0.1) is 0 Å². The molecule has 0 radical (unpaired) electrons. The molecule has 1 aliphatic heterocycles. The van der Waals surface area contributed by atoms with Crippen molar-refractivity contribution in [2.45, 2.75) is 45.6 Å². The number of nitrogens with one attached hydrogen (secondary N) is 2. The third kappa shape index (κ3) is 3.62. The third-order valence-corrected chi connectivity index (χ3v) is 3.77. The molecule has 0 aliphatic carbocycles. The van der Waals surface area contributed by atoms with E-state index in [1.165, 1.54) is 0 Å². The van der Waals surface area contributed by atoms with Crippen molar-refractivity contribution in [1.29, 1.82) is 0 Å². The highest BCUT2D eigenvalue weighted by Crippen LogP contribution is 2.29. The number of piperidine rings is 1. The summed E-state index contributed by atoms with van der Waals surface area (Å²) in [6, 6.07) is 0.245. The van der Waals surface area contributed by atoms with E-state index in [2.05, 4.69) is 41.4 Å². The molecule has 2 rings (SSSR count). The van der Waals surface area contributed by atoms with E-state index in [0.29, 0.717) is 12.3 Å². The van der Waals surface area contributed by atoms with Crippen LogP contribution in [-0.4, -0.2) is 47.0 Å². The Hall–Kier alpha value is -1.85. The lowest BCUT2D eigenvalue weighted by molar-refractivity contribution is -0.132. The smallest absolute Gasteiger partial charge is 0.222 e. The van der Waals surface area contributed by atoms with Gasteiger partial charge < -0.3 is 15.5 Å². The maximum Gasteiger partial charge on any atom is 0.222 e. The van der Waals surface area contributed by atoms with Crippen LogP contribution in [0.1, 0.15) is 45.1 Å². The summed E-state index contributed by atoms with van der Waals surface area (Å²) in [6.45, 7) is 7.89. The number of hydrogen-bond donors (Lipinski definition) is 2. The van der Waals surface area contributed by atoms with E-state index in [1.807, 2.05) is 7.05 Å². The minimum Gasteiger partial charge on any atom is -0.370 e. The summed E-state index contributed by atoms with van der Waals surface area (Å²) in [7, 11) is 1.85. The Labute approximate surface area is 126 Å². The van der Waals surface area contributed by atoms with Crippen LogP contribution in [-0.2, 0) is 4.79 Å². The normalized spacial score (nSPS) is 19.0. The quantitative estimate of drug-likeness (QED) is 0.869. The molecule has 116 valence electrons. The summed E-state index contributed by atoms with van der Waals surface area (Å²) in [5.74, 6) is 2.31. The van der Waals surface area contributed by atoms with Crippen molar-refractivity contribution in [3.05, 3.63) is 11.9 Å². The van der Waals surface area contributed by atoms with Gasteiger partial charge in [0.2, 0.25) is 5.91 Å². The van der Waals surface area contributed by atoms with E-state index >= 15 is 0 Å². The first-order valence-corrected chi connectivity index (χ1v) is 7.62. The summed E-state index contributed by atoms with van der Waals surface area (Å²) >= 11 is 0. The summed E-state index contributed by atoms with van der Waals surface area (Å²) in [5.41, 5.74) is 1.11. The minimum absolute atomic E-state index is 0.216. The number of aromatic nitrogens is 2. The molecule has 1 unspecified atom stereocenters. The molecule has 0 bridgehead atoms. The summed E-state index contributed by atoms with van der Waals surface area (Å²) < 4.78 is 0. The van der Waals surface area contributed by atoms with Gasteiger partial charge in [-0.2, -0.15) is 0 Å². The lowest BCUT2D eigenvalue weighted by Crippen LogP contribution is -2.43. The molecule has 0 aromatic carbocycles. The summed E-state index contributed by atoms with van der Waals surface area (Å²) in [4.78, 5) is 22.1. The topological polar surface area (TPSA) is 70.1 Å². The molecule has 1 amide bonds. The maximum absolute atomic E-state index is 11.6. The number of likely N-dealkylation sites (N-methyl/N-ethyl adjacent to an activating group) is 1. The average Bonchev–Trinajstić information content (AvgIpc) is 2.43. The molecule has 1 atom stereocenters. The van der Waals surface area contributed by atoms with Gasteiger partial charge in [-0.1, -0.05) is 13.8 Å². The van der Waals surface area contributed by atoms with Crippen LogP contribution in [0.5, 0.6) is 0 Å². The van der Waals surface area contributed by atoms with Gasteiger partial charge in [0.1, 0.15) is 18.0 Å². The summed E-state index contributed by atoms with van der Waals surface area (Å²) in [5, 5.41) is 6.79. The molecule has 1 aromatic heterocycles.